The van der Waals surface area contributed by atoms with E-state index < -0.39 is 6.29 Å². The van der Waals surface area contributed by atoms with Gasteiger partial charge in [-0.25, -0.2) is 4.79 Å². The first-order valence-electron chi connectivity index (χ1n) is 20.2. The molecule has 0 saturated carbocycles. The molecule has 60 heavy (non-hydrogen) atoms. The Labute approximate surface area is 349 Å². The smallest absolute Gasteiger partial charge is 0.319 e. The summed E-state index contributed by atoms with van der Waals surface area (Å²) < 4.78 is 19.2. The first-order chi connectivity index (χ1) is 29.4. The highest BCUT2D eigenvalue weighted by molar-refractivity contribution is 5.89. The normalized spacial score (nSPS) is 18.1. The molecule has 0 aromatic heterocycles. The van der Waals surface area contributed by atoms with E-state index in [-0.39, 0.29) is 35.5 Å². The fourth-order valence-corrected chi connectivity index (χ4v) is 7.65. The number of ether oxygens (including phenoxy) is 3. The zero-order valence-electron chi connectivity index (χ0n) is 33.1. The number of aliphatic hydroxyl groups excluding tert-OH is 1. The van der Waals surface area contributed by atoms with Gasteiger partial charge in [-0.05, 0) is 76.3 Å². The van der Waals surface area contributed by atoms with E-state index in [0.29, 0.717) is 24.4 Å². The largest absolute Gasteiger partial charge is 0.457 e. The second kappa shape index (κ2) is 19.0. The molecule has 2 aliphatic heterocycles. The summed E-state index contributed by atoms with van der Waals surface area (Å²) in [5, 5.41) is 26.7. The van der Waals surface area contributed by atoms with Crippen molar-refractivity contribution >= 4 is 23.1 Å². The van der Waals surface area contributed by atoms with Crippen LogP contribution in [0.15, 0.2) is 152 Å². The van der Waals surface area contributed by atoms with Gasteiger partial charge in [0.05, 0.1) is 23.7 Å². The third-order valence-corrected chi connectivity index (χ3v) is 10.9. The van der Waals surface area contributed by atoms with Gasteiger partial charge in [-0.2, -0.15) is 0 Å². The lowest BCUT2D eigenvalue weighted by Gasteiger charge is -2.41. The molecule has 306 valence electrons. The molecule has 8 rings (SSSR count). The van der Waals surface area contributed by atoms with Crippen LogP contribution in [0.25, 0.3) is 11.1 Å². The Hall–Kier alpha value is -6.57. The molecule has 12 nitrogen and oxygen atoms in total. The molecule has 6 aromatic rings. The number of nitro groups is 1. The van der Waals surface area contributed by atoms with Gasteiger partial charge >= 0.3 is 6.03 Å². The molecule has 6 aromatic carbocycles. The fourth-order valence-electron chi connectivity index (χ4n) is 7.65. The molecule has 0 unspecified atom stereocenters. The van der Waals surface area contributed by atoms with Gasteiger partial charge in [0.1, 0.15) is 11.5 Å². The summed E-state index contributed by atoms with van der Waals surface area (Å²) in [6.45, 7) is 4.32. The van der Waals surface area contributed by atoms with E-state index in [1.807, 2.05) is 115 Å². The number of nitrogens with zero attached hydrogens (tertiary/aromatic N) is 3. The van der Waals surface area contributed by atoms with Crippen LogP contribution in [0.2, 0.25) is 0 Å². The van der Waals surface area contributed by atoms with E-state index in [1.165, 1.54) is 0 Å². The van der Waals surface area contributed by atoms with Crippen molar-refractivity contribution in [1.29, 1.82) is 0 Å². The van der Waals surface area contributed by atoms with E-state index >= 15 is 0 Å². The van der Waals surface area contributed by atoms with E-state index in [2.05, 4.69) is 32.6 Å². The van der Waals surface area contributed by atoms with Crippen molar-refractivity contribution in [3.8, 4) is 22.6 Å². The maximum Gasteiger partial charge on any atom is 0.319 e. The van der Waals surface area contributed by atoms with Gasteiger partial charge in [0.2, 0.25) is 0 Å². The molecule has 0 bridgehead atoms. The highest BCUT2D eigenvalue weighted by Crippen LogP contribution is 2.39. The van der Waals surface area contributed by atoms with Gasteiger partial charge in [0, 0.05) is 74.8 Å². The molecule has 2 saturated heterocycles. The Morgan fingerprint density at radius 3 is 2.12 bits per heavy atom. The summed E-state index contributed by atoms with van der Waals surface area (Å²) in [4.78, 5) is 28.3. The zero-order chi connectivity index (χ0) is 41.3. The lowest BCUT2D eigenvalue weighted by atomic mass is 9.97. The number of hydrogen-bond donors (Lipinski definition) is 3. The van der Waals surface area contributed by atoms with E-state index in [9.17, 15) is 20.0 Å². The quantitative estimate of drug-likeness (QED) is 0.0770. The van der Waals surface area contributed by atoms with Gasteiger partial charge in [-0.15, -0.1) is 0 Å². The van der Waals surface area contributed by atoms with Crippen LogP contribution in [0.5, 0.6) is 11.5 Å². The van der Waals surface area contributed by atoms with Crippen molar-refractivity contribution in [1.82, 2.24) is 10.2 Å². The van der Waals surface area contributed by atoms with Gasteiger partial charge in [-0.3, -0.25) is 15.0 Å². The Morgan fingerprint density at radius 1 is 0.750 bits per heavy atom. The third-order valence-electron chi connectivity index (χ3n) is 10.9. The number of nitrogens with one attached hydrogen (secondary N) is 2. The van der Waals surface area contributed by atoms with Crippen molar-refractivity contribution in [2.45, 2.75) is 38.1 Å². The van der Waals surface area contributed by atoms with E-state index in [0.717, 1.165) is 77.5 Å². The number of hydrogen-bond acceptors (Lipinski definition) is 9. The monoisotopic (exact) mass is 805 g/mol. The molecule has 2 aliphatic rings. The Bertz CT molecular complexity index is 2340. The number of carbonyl (C=O) groups is 1. The standard InChI is InChI=1S/C48H47N5O7/c54-33-34-10-12-36(13-11-34)46-30-44(32-51-26-28-52(29-27-51)40-20-22-41(23-21-40)53(56)57)59-47(60-46)37-16-14-35(15-17-37)45-9-5-4-6-38(45)31-49-48(55)50-39-18-24-43(25-19-39)58-42-7-2-1-3-8-42/h1-25,44,46-47,54H,26-33H2,(H2,49,50,55)/t44-,46+,47+/m1/s1. The molecule has 3 N–H and O–H groups in total. The lowest BCUT2D eigenvalue weighted by Crippen LogP contribution is -2.49. The summed E-state index contributed by atoms with van der Waals surface area (Å²) in [6.07, 6.45) is -0.227. The topological polar surface area (TPSA) is 139 Å². The van der Waals surface area contributed by atoms with E-state index in [1.54, 1.807) is 24.3 Å². The number of piperazine rings is 1. The maximum absolute atomic E-state index is 12.9. The number of amides is 2. The molecule has 0 radical (unpaired) electrons. The predicted octanol–water partition coefficient (Wildman–Crippen LogP) is 9.24. The summed E-state index contributed by atoms with van der Waals surface area (Å²) in [6, 6.07) is 47.3. The summed E-state index contributed by atoms with van der Waals surface area (Å²) >= 11 is 0. The number of anilines is 2. The number of urea groups is 1. The average Bonchev–Trinajstić information content (AvgIpc) is 3.30. The van der Waals surface area contributed by atoms with Gasteiger partial charge in [0.15, 0.2) is 6.29 Å². The van der Waals surface area contributed by atoms with Crippen LogP contribution < -0.4 is 20.3 Å². The summed E-state index contributed by atoms with van der Waals surface area (Å²) in [7, 11) is 0. The molecular weight excluding hydrogens is 759 g/mol. The van der Waals surface area contributed by atoms with Crippen molar-refractivity contribution in [3.63, 3.8) is 0 Å². The zero-order valence-corrected chi connectivity index (χ0v) is 33.1. The highest BCUT2D eigenvalue weighted by atomic mass is 16.7. The van der Waals surface area contributed by atoms with Gasteiger partial charge < -0.3 is 34.9 Å². The second-order valence-corrected chi connectivity index (χ2v) is 14.9. The fraction of sp³-hybridized carbons (Fsp3) is 0.229. The number of benzene rings is 6. The second-order valence-electron chi connectivity index (χ2n) is 14.9. The number of nitro benzene ring substituents is 1. The molecule has 2 heterocycles. The van der Waals surface area contributed by atoms with Crippen molar-refractivity contribution in [2.24, 2.45) is 0 Å². The first-order valence-corrected chi connectivity index (χ1v) is 20.2. The lowest BCUT2D eigenvalue weighted by molar-refractivity contribution is -0.384. The number of aliphatic hydroxyl groups is 1. The molecule has 12 heteroatoms. The van der Waals surface area contributed by atoms with E-state index in [4.69, 9.17) is 14.2 Å². The van der Waals surface area contributed by atoms with Crippen LogP contribution >= 0.6 is 0 Å². The predicted molar refractivity (Wildman–Crippen MR) is 231 cm³/mol. The van der Waals surface area contributed by atoms with Crippen molar-refractivity contribution in [2.75, 3.05) is 42.9 Å². The Morgan fingerprint density at radius 2 is 1.42 bits per heavy atom. The van der Waals surface area contributed by atoms with Crippen LogP contribution in [0.1, 0.15) is 41.1 Å². The van der Waals surface area contributed by atoms with Crippen LogP contribution in [0, 0.1) is 10.1 Å². The minimum atomic E-state index is -0.596. The summed E-state index contributed by atoms with van der Waals surface area (Å²) in [5.74, 6) is 1.42. The van der Waals surface area contributed by atoms with Crippen LogP contribution in [-0.2, 0) is 22.6 Å². The van der Waals surface area contributed by atoms with Gasteiger partial charge in [0.25, 0.3) is 5.69 Å². The molecule has 2 amide bonds. The van der Waals surface area contributed by atoms with Crippen LogP contribution in [0.3, 0.4) is 0 Å². The molecule has 0 aliphatic carbocycles. The molecular formula is C48H47N5O7. The number of para-hydroxylation sites is 1. The molecule has 2 fully saturated rings. The maximum atomic E-state index is 12.9. The Kier molecular flexibility index (Phi) is 12.7. The number of non-ortho nitro benzene ring substituents is 1. The SMILES string of the molecule is O=C(NCc1ccccc1-c1ccc([C@H]2O[C@@H](CN3CCN(c4ccc([N+](=O)[O-])cc4)CC3)C[C@@H](c3ccc(CO)cc3)O2)cc1)Nc1ccc(Oc2ccccc2)cc1. The number of carbonyl (C=O) groups excluding carboxylic acids is 1. The minimum absolute atomic E-state index is 0.0226. The third kappa shape index (κ3) is 10.2. The first kappa shape index (κ1) is 40.2. The van der Waals surface area contributed by atoms with Crippen molar-refractivity contribution in [3.05, 3.63) is 184 Å². The number of rotatable bonds is 13. The summed E-state index contributed by atoms with van der Waals surface area (Å²) in [5.41, 5.74) is 7.47. The average molecular weight is 806 g/mol. The highest BCUT2D eigenvalue weighted by Gasteiger charge is 2.34. The Balaban J connectivity index is 0.903. The van der Waals surface area contributed by atoms with Crippen LogP contribution in [-0.4, -0.2) is 59.8 Å². The van der Waals surface area contributed by atoms with Crippen LogP contribution in [0.4, 0.5) is 21.9 Å². The minimum Gasteiger partial charge on any atom is -0.457 e. The van der Waals surface area contributed by atoms with Crippen molar-refractivity contribution < 1.29 is 29.0 Å². The van der Waals surface area contributed by atoms with Gasteiger partial charge in [-0.1, -0.05) is 91.0 Å². The molecule has 0 spiro atoms. The molecule has 3 atom stereocenters.